The molecular formula is C26H23ClN4O3S2. The van der Waals surface area contributed by atoms with Gasteiger partial charge in [0.05, 0.1) is 17.7 Å². The molecule has 7 nitrogen and oxygen atoms in total. The first-order valence-corrected chi connectivity index (χ1v) is 13.2. The molecule has 0 amide bonds. The molecule has 0 spiro atoms. The second-order valence-corrected chi connectivity index (χ2v) is 10.5. The maximum Gasteiger partial charge on any atom is 0.243 e. The van der Waals surface area contributed by atoms with E-state index in [9.17, 15) is 8.42 Å². The van der Waals surface area contributed by atoms with Crippen LogP contribution in [0.15, 0.2) is 111 Å². The van der Waals surface area contributed by atoms with Crippen molar-refractivity contribution in [3.8, 4) is 0 Å². The molecule has 0 aliphatic rings. The van der Waals surface area contributed by atoms with E-state index in [4.69, 9.17) is 28.2 Å². The van der Waals surface area contributed by atoms with Gasteiger partial charge in [-0.1, -0.05) is 60.1 Å². The molecule has 3 aromatic carbocycles. The second-order valence-electron chi connectivity index (χ2n) is 7.71. The zero-order chi connectivity index (χ0) is 25.4. The molecule has 0 unspecified atom stereocenters. The van der Waals surface area contributed by atoms with Gasteiger partial charge in [0.2, 0.25) is 10.0 Å². The number of benzene rings is 3. The van der Waals surface area contributed by atoms with Crippen molar-refractivity contribution in [3.05, 3.63) is 119 Å². The van der Waals surface area contributed by atoms with Gasteiger partial charge in [-0.25, -0.2) is 8.42 Å². The predicted molar refractivity (Wildman–Crippen MR) is 146 cm³/mol. The Labute approximate surface area is 220 Å². The van der Waals surface area contributed by atoms with Crippen LogP contribution >= 0.6 is 23.8 Å². The first kappa shape index (κ1) is 25.6. The molecule has 36 heavy (non-hydrogen) atoms. The van der Waals surface area contributed by atoms with Crippen molar-refractivity contribution in [2.45, 2.75) is 18.0 Å². The van der Waals surface area contributed by atoms with Gasteiger partial charge in [0.15, 0.2) is 5.11 Å². The first-order valence-electron chi connectivity index (χ1n) is 10.9. The van der Waals surface area contributed by atoms with E-state index >= 15 is 0 Å². The fraction of sp³-hybridized carbons (Fsp3) is 0.0769. The molecule has 4 aromatic rings. The SMILES string of the molecule is O=S(=O)(c1ccccc1)N(Cc1ccc(Cl)cc1)Cc1ccc(/C=N/NC(=S)Nc2ccccc2)o1. The van der Waals surface area contributed by atoms with E-state index in [0.717, 1.165) is 11.3 Å². The summed E-state index contributed by atoms with van der Waals surface area (Å²) in [4.78, 5) is 0.205. The summed E-state index contributed by atoms with van der Waals surface area (Å²) in [6, 6.07) is 28.3. The summed E-state index contributed by atoms with van der Waals surface area (Å²) in [6.07, 6.45) is 1.47. The summed E-state index contributed by atoms with van der Waals surface area (Å²) < 4.78 is 34.0. The fourth-order valence-corrected chi connectivity index (χ4v) is 5.03. The van der Waals surface area contributed by atoms with E-state index < -0.39 is 10.0 Å². The van der Waals surface area contributed by atoms with Crippen molar-refractivity contribution in [2.75, 3.05) is 5.32 Å². The molecule has 0 bridgehead atoms. The largest absolute Gasteiger partial charge is 0.459 e. The van der Waals surface area contributed by atoms with Crippen molar-refractivity contribution in [1.29, 1.82) is 0 Å². The zero-order valence-electron chi connectivity index (χ0n) is 19.0. The van der Waals surface area contributed by atoms with Gasteiger partial charge in [-0.2, -0.15) is 9.41 Å². The summed E-state index contributed by atoms with van der Waals surface area (Å²) in [6.45, 7) is 0.189. The quantitative estimate of drug-likeness (QED) is 0.163. The summed E-state index contributed by atoms with van der Waals surface area (Å²) >= 11 is 11.2. The van der Waals surface area contributed by atoms with E-state index in [1.54, 1.807) is 66.7 Å². The lowest BCUT2D eigenvalue weighted by Crippen LogP contribution is -2.30. The number of sulfonamides is 1. The summed E-state index contributed by atoms with van der Waals surface area (Å²) in [5.41, 5.74) is 4.37. The lowest BCUT2D eigenvalue weighted by Gasteiger charge is -2.21. The fourth-order valence-electron chi connectivity index (χ4n) is 3.32. The van der Waals surface area contributed by atoms with Gasteiger partial charge in [0, 0.05) is 17.3 Å². The Hall–Kier alpha value is -3.50. The monoisotopic (exact) mass is 538 g/mol. The van der Waals surface area contributed by atoms with Crippen molar-refractivity contribution in [1.82, 2.24) is 9.73 Å². The number of hydrogen-bond donors (Lipinski definition) is 2. The highest BCUT2D eigenvalue weighted by atomic mass is 35.5. The van der Waals surface area contributed by atoms with Crippen LogP contribution in [0.4, 0.5) is 5.69 Å². The second kappa shape index (κ2) is 12.0. The smallest absolute Gasteiger partial charge is 0.243 e. The van der Waals surface area contributed by atoms with E-state index in [1.807, 2.05) is 30.3 Å². The normalized spacial score (nSPS) is 11.6. The standard InChI is InChI=1S/C26H23ClN4O3S2/c27-21-13-11-20(12-14-21)18-31(36(32,33)25-9-5-2-6-10-25)19-24-16-15-23(34-24)17-28-30-26(35)29-22-7-3-1-4-8-22/h1-17H,18-19H2,(H2,29,30,35)/b28-17+. The van der Waals surface area contributed by atoms with Gasteiger partial charge in [-0.05, 0) is 66.3 Å². The minimum absolute atomic E-state index is 0.0368. The minimum atomic E-state index is -3.79. The molecule has 0 aliphatic heterocycles. The number of halogens is 1. The van der Waals surface area contributed by atoms with Gasteiger partial charge < -0.3 is 9.73 Å². The number of nitrogens with zero attached hydrogens (tertiary/aromatic N) is 2. The Morgan fingerprint density at radius 3 is 2.28 bits per heavy atom. The maximum atomic E-state index is 13.4. The molecule has 0 radical (unpaired) electrons. The Morgan fingerprint density at radius 2 is 1.58 bits per heavy atom. The van der Waals surface area contributed by atoms with Crippen molar-refractivity contribution < 1.29 is 12.8 Å². The van der Waals surface area contributed by atoms with Gasteiger partial charge in [0.1, 0.15) is 11.5 Å². The van der Waals surface area contributed by atoms with Crippen molar-refractivity contribution >= 4 is 50.9 Å². The number of nitrogens with one attached hydrogen (secondary N) is 2. The number of thiocarbonyl (C=S) groups is 1. The van der Waals surface area contributed by atoms with Gasteiger partial charge in [-0.15, -0.1) is 0 Å². The van der Waals surface area contributed by atoms with Crippen LogP contribution in [0.5, 0.6) is 0 Å². The average molecular weight is 539 g/mol. The highest BCUT2D eigenvalue weighted by Gasteiger charge is 2.26. The molecule has 0 atom stereocenters. The Kier molecular flexibility index (Phi) is 8.50. The third kappa shape index (κ3) is 7.02. The number of rotatable bonds is 9. The molecule has 0 saturated heterocycles. The average Bonchev–Trinajstić information content (AvgIpc) is 3.33. The molecular weight excluding hydrogens is 516 g/mol. The summed E-state index contributed by atoms with van der Waals surface area (Å²) in [5, 5.41) is 8.01. The third-order valence-electron chi connectivity index (χ3n) is 5.06. The van der Waals surface area contributed by atoms with Crippen molar-refractivity contribution in [3.63, 3.8) is 0 Å². The predicted octanol–water partition coefficient (Wildman–Crippen LogP) is 5.64. The number of furan rings is 1. The summed E-state index contributed by atoms with van der Waals surface area (Å²) in [7, 11) is -3.79. The van der Waals surface area contributed by atoms with E-state index in [2.05, 4.69) is 15.8 Å². The zero-order valence-corrected chi connectivity index (χ0v) is 21.4. The number of hydrogen-bond acceptors (Lipinski definition) is 5. The molecule has 0 aliphatic carbocycles. The minimum Gasteiger partial charge on any atom is -0.459 e. The van der Waals surface area contributed by atoms with Crippen LogP contribution < -0.4 is 10.7 Å². The van der Waals surface area contributed by atoms with E-state index in [0.29, 0.717) is 21.7 Å². The molecule has 184 valence electrons. The molecule has 0 fully saturated rings. The Balaban J connectivity index is 1.46. The summed E-state index contributed by atoms with van der Waals surface area (Å²) in [5.74, 6) is 0.915. The molecule has 1 aromatic heterocycles. The molecule has 1 heterocycles. The Morgan fingerprint density at radius 1 is 0.917 bits per heavy atom. The lowest BCUT2D eigenvalue weighted by molar-refractivity contribution is 0.357. The molecule has 2 N–H and O–H groups in total. The molecule has 0 saturated carbocycles. The topological polar surface area (TPSA) is 86.9 Å². The van der Waals surface area contributed by atoms with Crippen LogP contribution in [-0.2, 0) is 23.1 Å². The maximum absolute atomic E-state index is 13.4. The van der Waals surface area contributed by atoms with Crippen LogP contribution in [0.1, 0.15) is 17.1 Å². The number of anilines is 1. The third-order valence-corrected chi connectivity index (χ3v) is 7.31. The van der Waals surface area contributed by atoms with Crippen LogP contribution in [-0.4, -0.2) is 24.1 Å². The lowest BCUT2D eigenvalue weighted by atomic mass is 10.2. The molecule has 10 heteroatoms. The van der Waals surface area contributed by atoms with Gasteiger partial charge in [-0.3, -0.25) is 5.43 Å². The van der Waals surface area contributed by atoms with E-state index in [1.165, 1.54) is 10.5 Å². The highest BCUT2D eigenvalue weighted by Crippen LogP contribution is 2.22. The Bertz CT molecular complexity index is 1430. The van der Waals surface area contributed by atoms with E-state index in [-0.39, 0.29) is 18.0 Å². The van der Waals surface area contributed by atoms with Crippen LogP contribution in [0.3, 0.4) is 0 Å². The van der Waals surface area contributed by atoms with Gasteiger partial charge >= 0.3 is 0 Å². The first-order chi connectivity index (χ1) is 17.4. The number of para-hydroxylation sites is 1. The van der Waals surface area contributed by atoms with Crippen LogP contribution in [0.2, 0.25) is 5.02 Å². The van der Waals surface area contributed by atoms with Crippen LogP contribution in [0, 0.1) is 0 Å². The van der Waals surface area contributed by atoms with Gasteiger partial charge in [0.25, 0.3) is 0 Å². The van der Waals surface area contributed by atoms with Crippen LogP contribution in [0.25, 0.3) is 0 Å². The number of hydrazone groups is 1. The molecule has 4 rings (SSSR count). The highest BCUT2D eigenvalue weighted by molar-refractivity contribution is 7.89. The van der Waals surface area contributed by atoms with Crippen molar-refractivity contribution in [2.24, 2.45) is 5.10 Å².